The smallest absolute Gasteiger partial charge is 0.358 e. The molecule has 0 unspecified atom stereocenters. The largest absolute Gasteiger partial charge is 0.420 e. The first kappa shape index (κ1) is 18.5. The lowest BCUT2D eigenvalue weighted by atomic mass is 10.2. The van der Waals surface area contributed by atoms with Crippen molar-refractivity contribution in [2.75, 3.05) is 31.1 Å². The minimum Gasteiger partial charge on any atom is -0.420 e. The predicted octanol–water partition coefficient (Wildman–Crippen LogP) is 3.12. The zero-order valence-corrected chi connectivity index (χ0v) is 16.1. The summed E-state index contributed by atoms with van der Waals surface area (Å²) in [6.07, 6.45) is 0.484. The second-order valence-corrected chi connectivity index (χ2v) is 7.20. The zero-order valence-electron chi connectivity index (χ0n) is 15.3. The molecular weight excluding hydrogens is 378 g/mol. The van der Waals surface area contributed by atoms with Crippen LogP contribution in [0.5, 0.6) is 0 Å². The first-order chi connectivity index (χ1) is 13.6. The van der Waals surface area contributed by atoms with Crippen molar-refractivity contribution in [2.24, 2.45) is 0 Å². The van der Waals surface area contributed by atoms with Crippen LogP contribution >= 0.6 is 11.6 Å². The Morgan fingerprint density at radius 3 is 2.57 bits per heavy atom. The number of carbonyl (C=O) groups excluding carboxylic acids is 1. The number of aromatic nitrogens is 1. The van der Waals surface area contributed by atoms with Crippen LogP contribution in [0.15, 0.2) is 57.7 Å². The van der Waals surface area contributed by atoms with E-state index >= 15 is 0 Å². The van der Waals surface area contributed by atoms with Crippen molar-refractivity contribution in [3.8, 4) is 0 Å². The topological polar surface area (TPSA) is 66.7 Å². The van der Waals surface area contributed by atoms with Crippen molar-refractivity contribution >= 4 is 34.3 Å². The van der Waals surface area contributed by atoms with Gasteiger partial charge in [-0.1, -0.05) is 29.8 Å². The molecule has 6 nitrogen and oxygen atoms in total. The molecule has 0 bridgehead atoms. The minimum absolute atomic E-state index is 0.0279. The normalized spacial score (nSPS) is 14.5. The maximum absolute atomic E-state index is 12.6. The molecule has 3 aromatic rings. The molecular formula is C21H20ClN3O3. The Bertz CT molecular complexity index is 1040. The molecule has 2 heterocycles. The molecule has 7 heteroatoms. The molecule has 0 radical (unpaired) electrons. The molecule has 1 aliphatic rings. The summed E-state index contributed by atoms with van der Waals surface area (Å²) in [5, 5.41) is 0.521. The quantitative estimate of drug-likeness (QED) is 0.676. The number of rotatable bonds is 4. The summed E-state index contributed by atoms with van der Waals surface area (Å²) in [6, 6.07) is 15.1. The average Bonchev–Trinajstić information content (AvgIpc) is 2.73. The maximum atomic E-state index is 12.6. The molecule has 28 heavy (non-hydrogen) atoms. The standard InChI is InChI=1S/C21H20ClN3O3/c22-15-6-8-19-18(14-15)23-17(21(27)28-19)7-9-20(26)25-12-10-24(11-13-25)16-4-2-1-3-5-16/h1-6,8,14H,7,9-13H2. The van der Waals surface area contributed by atoms with Gasteiger partial charge in [-0.2, -0.15) is 0 Å². The van der Waals surface area contributed by atoms with Gasteiger partial charge >= 0.3 is 5.63 Å². The number of hydrogen-bond donors (Lipinski definition) is 0. The van der Waals surface area contributed by atoms with E-state index in [0.717, 1.165) is 13.1 Å². The van der Waals surface area contributed by atoms with Crippen LogP contribution in [0.4, 0.5) is 5.69 Å². The van der Waals surface area contributed by atoms with E-state index in [1.54, 1.807) is 18.2 Å². The molecule has 144 valence electrons. The second-order valence-electron chi connectivity index (χ2n) is 6.76. The summed E-state index contributed by atoms with van der Waals surface area (Å²) in [6.45, 7) is 2.93. The Morgan fingerprint density at radius 2 is 1.82 bits per heavy atom. The van der Waals surface area contributed by atoms with Gasteiger partial charge < -0.3 is 14.2 Å². The Hall–Kier alpha value is -2.86. The van der Waals surface area contributed by atoms with Crippen molar-refractivity contribution in [3.05, 3.63) is 69.7 Å². The Kier molecular flexibility index (Phi) is 5.30. The second kappa shape index (κ2) is 8.02. The van der Waals surface area contributed by atoms with Gasteiger partial charge in [0.1, 0.15) is 11.2 Å². The minimum atomic E-state index is -0.503. The van der Waals surface area contributed by atoms with Gasteiger partial charge in [0.05, 0.1) is 0 Å². The van der Waals surface area contributed by atoms with E-state index < -0.39 is 5.63 Å². The van der Waals surface area contributed by atoms with Gasteiger partial charge in [-0.3, -0.25) is 4.79 Å². The van der Waals surface area contributed by atoms with E-state index in [2.05, 4.69) is 22.0 Å². The van der Waals surface area contributed by atoms with Crippen LogP contribution in [0, 0.1) is 0 Å². The van der Waals surface area contributed by atoms with Crippen molar-refractivity contribution in [1.82, 2.24) is 9.88 Å². The zero-order chi connectivity index (χ0) is 19.5. The van der Waals surface area contributed by atoms with E-state index in [0.29, 0.717) is 29.2 Å². The summed E-state index contributed by atoms with van der Waals surface area (Å²) in [7, 11) is 0. The number of fused-ring (bicyclic) bond motifs is 1. The summed E-state index contributed by atoms with van der Waals surface area (Å²) >= 11 is 5.97. The van der Waals surface area contributed by atoms with Gasteiger partial charge in [0.15, 0.2) is 5.58 Å². The van der Waals surface area contributed by atoms with Crippen molar-refractivity contribution < 1.29 is 9.21 Å². The Balaban J connectivity index is 1.37. The third-order valence-corrected chi connectivity index (χ3v) is 5.18. The average molecular weight is 398 g/mol. The van der Waals surface area contributed by atoms with Crippen molar-refractivity contribution in [3.63, 3.8) is 0 Å². The monoisotopic (exact) mass is 397 g/mol. The number of hydrogen-bond acceptors (Lipinski definition) is 5. The van der Waals surface area contributed by atoms with Crippen LogP contribution in [-0.2, 0) is 11.2 Å². The fraction of sp³-hybridized carbons (Fsp3) is 0.286. The number of benzene rings is 2. The number of carbonyl (C=O) groups is 1. The molecule has 0 aliphatic carbocycles. The fourth-order valence-electron chi connectivity index (χ4n) is 3.41. The van der Waals surface area contributed by atoms with Gasteiger partial charge in [0.2, 0.25) is 5.91 Å². The summed E-state index contributed by atoms with van der Waals surface area (Å²) in [5.41, 5.74) is 1.83. The molecule has 1 aliphatic heterocycles. The highest BCUT2D eigenvalue weighted by Gasteiger charge is 2.21. The first-order valence-electron chi connectivity index (χ1n) is 9.27. The Labute approximate surface area is 167 Å². The highest BCUT2D eigenvalue weighted by molar-refractivity contribution is 6.31. The van der Waals surface area contributed by atoms with Crippen molar-refractivity contribution in [1.29, 1.82) is 0 Å². The summed E-state index contributed by atoms with van der Waals surface area (Å²) in [5.74, 6) is 0.0279. The van der Waals surface area contributed by atoms with E-state index in [1.165, 1.54) is 5.69 Å². The molecule has 0 atom stereocenters. The number of nitrogens with zero attached hydrogens (tertiary/aromatic N) is 3. The molecule has 1 aromatic heterocycles. The number of aryl methyl sites for hydroxylation is 1. The predicted molar refractivity (Wildman–Crippen MR) is 109 cm³/mol. The highest BCUT2D eigenvalue weighted by atomic mass is 35.5. The molecule has 1 saturated heterocycles. The fourth-order valence-corrected chi connectivity index (χ4v) is 3.57. The van der Waals surface area contributed by atoms with Gasteiger partial charge in [-0.25, -0.2) is 9.78 Å². The van der Waals surface area contributed by atoms with E-state index in [4.69, 9.17) is 16.0 Å². The third kappa shape index (κ3) is 4.02. The number of halogens is 1. The van der Waals surface area contributed by atoms with Gasteiger partial charge in [0, 0.05) is 49.7 Å². The molecule has 1 amide bonds. The lowest BCUT2D eigenvalue weighted by Crippen LogP contribution is -2.48. The number of amides is 1. The highest BCUT2D eigenvalue weighted by Crippen LogP contribution is 2.18. The summed E-state index contributed by atoms with van der Waals surface area (Å²) < 4.78 is 5.28. The van der Waals surface area contributed by atoms with Crippen LogP contribution < -0.4 is 10.5 Å². The Morgan fingerprint density at radius 1 is 1.07 bits per heavy atom. The van der Waals surface area contributed by atoms with Gasteiger partial charge in [0.25, 0.3) is 0 Å². The first-order valence-corrected chi connectivity index (χ1v) is 9.65. The lowest BCUT2D eigenvalue weighted by molar-refractivity contribution is -0.131. The van der Waals surface area contributed by atoms with Crippen LogP contribution in [-0.4, -0.2) is 42.0 Å². The third-order valence-electron chi connectivity index (χ3n) is 4.94. The number of para-hydroxylation sites is 1. The van der Waals surface area contributed by atoms with E-state index in [-0.39, 0.29) is 24.4 Å². The van der Waals surface area contributed by atoms with Crippen LogP contribution in [0.3, 0.4) is 0 Å². The molecule has 0 saturated carbocycles. The van der Waals surface area contributed by atoms with E-state index in [1.807, 2.05) is 23.1 Å². The molecule has 0 spiro atoms. The molecule has 4 rings (SSSR count). The van der Waals surface area contributed by atoms with Crippen LogP contribution in [0.25, 0.3) is 11.1 Å². The van der Waals surface area contributed by atoms with Crippen molar-refractivity contribution in [2.45, 2.75) is 12.8 Å². The van der Waals surface area contributed by atoms with Gasteiger partial charge in [-0.05, 0) is 30.3 Å². The maximum Gasteiger partial charge on any atom is 0.358 e. The molecule has 0 N–H and O–H groups in total. The van der Waals surface area contributed by atoms with E-state index in [9.17, 15) is 9.59 Å². The molecule has 1 fully saturated rings. The molecule has 2 aromatic carbocycles. The SMILES string of the molecule is O=C(CCc1nc2cc(Cl)ccc2oc1=O)N1CCN(c2ccccc2)CC1. The van der Waals surface area contributed by atoms with Gasteiger partial charge in [-0.15, -0.1) is 0 Å². The lowest BCUT2D eigenvalue weighted by Gasteiger charge is -2.36. The van der Waals surface area contributed by atoms with Crippen LogP contribution in [0.2, 0.25) is 5.02 Å². The number of piperazine rings is 1. The van der Waals surface area contributed by atoms with Crippen LogP contribution in [0.1, 0.15) is 12.1 Å². The summed E-state index contributed by atoms with van der Waals surface area (Å²) in [4.78, 5) is 33.1. The number of anilines is 1.